The molecule has 0 fully saturated rings. The Morgan fingerprint density at radius 3 is 2.05 bits per heavy atom. The van der Waals surface area contributed by atoms with E-state index in [-0.39, 0.29) is 18.3 Å². The van der Waals surface area contributed by atoms with E-state index < -0.39 is 15.8 Å². The Balaban J connectivity index is 1.74. The number of rotatable bonds is 8. The van der Waals surface area contributed by atoms with Crippen molar-refractivity contribution in [1.29, 1.82) is 0 Å². The number of hydrogen-bond donors (Lipinski definition) is 1. The Hall–Kier alpha value is -3.32. The molecule has 0 radical (unpaired) electrons. The first-order valence-corrected chi connectivity index (χ1v) is 15.0. The predicted octanol–water partition coefficient (Wildman–Crippen LogP) is 7.29. The zero-order chi connectivity index (χ0) is 28.3. The van der Waals surface area contributed by atoms with Gasteiger partial charge in [-0.1, -0.05) is 94.4 Å². The monoisotopic (exact) mass is 541 g/mol. The van der Waals surface area contributed by atoms with Gasteiger partial charge in [-0.2, -0.15) is 0 Å². The lowest BCUT2D eigenvalue weighted by atomic mass is 9.83. The van der Waals surface area contributed by atoms with Crippen LogP contribution in [0.2, 0.25) is 0 Å². The molecule has 4 aromatic rings. The van der Waals surface area contributed by atoms with Crippen molar-refractivity contribution in [1.82, 2.24) is 4.90 Å². The van der Waals surface area contributed by atoms with Gasteiger partial charge in [0, 0.05) is 6.54 Å². The standard InChI is InChI=1S/C33H39N3O2S/c1-22(2)30-18-26(29-13-9-11-25-10-7-8-12-28(25)29)19-31(23(3)4)32(30)20-33(37)35-39(34,38)27-16-14-24(15-17-27)21-36(5)6/h7-19,22-23H,20-21H2,1-6H3,(H2,34,35,37,38). The molecule has 4 rings (SSSR count). The topological polar surface area (TPSA) is 75.8 Å². The van der Waals surface area contributed by atoms with Crippen molar-refractivity contribution in [2.24, 2.45) is 9.50 Å². The van der Waals surface area contributed by atoms with Crippen LogP contribution in [-0.4, -0.2) is 29.1 Å². The summed E-state index contributed by atoms with van der Waals surface area (Å²) in [6.45, 7) is 9.31. The molecule has 0 aromatic heterocycles. The average Bonchev–Trinajstić information content (AvgIpc) is 2.87. The summed E-state index contributed by atoms with van der Waals surface area (Å²) in [5, 5.41) is 8.51. The lowest BCUT2D eigenvalue weighted by molar-refractivity contribution is -0.117. The quantitative estimate of drug-likeness (QED) is 0.255. The highest BCUT2D eigenvalue weighted by atomic mass is 32.2. The minimum atomic E-state index is -3.35. The Bertz CT molecular complexity index is 1580. The van der Waals surface area contributed by atoms with Crippen LogP contribution < -0.4 is 5.14 Å². The molecular formula is C33H39N3O2S. The summed E-state index contributed by atoms with van der Waals surface area (Å²) < 4.78 is 17.3. The summed E-state index contributed by atoms with van der Waals surface area (Å²) >= 11 is 0. The van der Waals surface area contributed by atoms with Crippen molar-refractivity contribution in [2.45, 2.75) is 57.4 Å². The fourth-order valence-corrected chi connectivity index (χ4v) is 6.13. The van der Waals surface area contributed by atoms with E-state index in [0.717, 1.165) is 34.4 Å². The van der Waals surface area contributed by atoms with Gasteiger partial charge in [-0.25, -0.2) is 9.35 Å². The van der Waals surface area contributed by atoms with E-state index in [0.29, 0.717) is 4.90 Å². The maximum Gasteiger partial charge on any atom is 0.259 e. The van der Waals surface area contributed by atoms with Gasteiger partial charge in [0.15, 0.2) is 0 Å². The van der Waals surface area contributed by atoms with Crippen LogP contribution in [0.3, 0.4) is 0 Å². The van der Waals surface area contributed by atoms with Gasteiger partial charge in [-0.05, 0) is 82.2 Å². The summed E-state index contributed by atoms with van der Waals surface area (Å²) in [7, 11) is 0.616. The molecule has 39 heavy (non-hydrogen) atoms. The summed E-state index contributed by atoms with van der Waals surface area (Å²) in [6, 6.07) is 26.3. The lowest BCUT2D eigenvalue weighted by Crippen LogP contribution is -2.17. The van der Waals surface area contributed by atoms with Gasteiger partial charge < -0.3 is 4.90 Å². The number of nitrogens with zero attached hydrogens (tertiary/aromatic N) is 2. The van der Waals surface area contributed by atoms with Gasteiger partial charge in [0.05, 0.1) is 11.3 Å². The minimum Gasteiger partial charge on any atom is -0.305 e. The maximum atomic E-state index is 13.3. The zero-order valence-electron chi connectivity index (χ0n) is 23.8. The molecule has 0 bridgehead atoms. The normalized spacial score (nSPS) is 13.3. The molecule has 0 aliphatic rings. The summed E-state index contributed by atoms with van der Waals surface area (Å²) in [5.41, 5.74) is 6.53. The summed E-state index contributed by atoms with van der Waals surface area (Å²) in [4.78, 5) is 15.7. The van der Waals surface area contributed by atoms with Crippen molar-refractivity contribution < 1.29 is 9.00 Å². The van der Waals surface area contributed by atoms with Gasteiger partial charge in [0.1, 0.15) is 9.92 Å². The van der Waals surface area contributed by atoms with Gasteiger partial charge in [-0.3, -0.25) is 4.79 Å². The highest BCUT2D eigenvalue weighted by Gasteiger charge is 2.21. The third-order valence-electron chi connectivity index (χ3n) is 6.99. The van der Waals surface area contributed by atoms with Crippen molar-refractivity contribution in [3.8, 4) is 11.1 Å². The largest absolute Gasteiger partial charge is 0.305 e. The van der Waals surface area contributed by atoms with Gasteiger partial charge in [0.2, 0.25) is 0 Å². The molecule has 2 N–H and O–H groups in total. The molecule has 0 aliphatic carbocycles. The third-order valence-corrected chi connectivity index (χ3v) is 8.41. The molecule has 204 valence electrons. The molecule has 0 heterocycles. The fourth-order valence-electron chi connectivity index (χ4n) is 5.13. The highest BCUT2D eigenvalue weighted by Crippen LogP contribution is 2.36. The molecule has 0 saturated carbocycles. The third kappa shape index (κ3) is 6.64. The van der Waals surface area contributed by atoms with E-state index in [1.807, 2.05) is 31.1 Å². The molecule has 1 amide bonds. The second-order valence-corrected chi connectivity index (χ2v) is 12.9. The van der Waals surface area contributed by atoms with E-state index >= 15 is 0 Å². The molecule has 4 aromatic carbocycles. The van der Waals surface area contributed by atoms with Crippen LogP contribution in [0.4, 0.5) is 0 Å². The maximum absolute atomic E-state index is 13.3. The minimum absolute atomic E-state index is 0.0593. The Morgan fingerprint density at radius 2 is 1.46 bits per heavy atom. The number of carbonyl (C=O) groups is 1. The highest BCUT2D eigenvalue weighted by molar-refractivity contribution is 7.91. The number of carbonyl (C=O) groups excluding carboxylic acids is 1. The zero-order valence-corrected chi connectivity index (χ0v) is 24.6. The molecule has 6 heteroatoms. The second-order valence-electron chi connectivity index (χ2n) is 11.1. The van der Waals surface area contributed by atoms with Crippen LogP contribution in [0.5, 0.6) is 0 Å². The predicted molar refractivity (Wildman–Crippen MR) is 163 cm³/mol. The number of benzene rings is 4. The first-order valence-electron chi connectivity index (χ1n) is 13.4. The van der Waals surface area contributed by atoms with Crippen LogP contribution in [0.1, 0.15) is 61.8 Å². The molecule has 0 saturated heterocycles. The first kappa shape index (κ1) is 28.7. The molecule has 1 unspecified atom stereocenters. The van der Waals surface area contributed by atoms with Gasteiger partial charge >= 0.3 is 0 Å². The molecule has 1 atom stereocenters. The summed E-state index contributed by atoms with van der Waals surface area (Å²) in [5.74, 6) is -0.0972. The van der Waals surface area contributed by atoms with Crippen LogP contribution in [0, 0.1) is 0 Å². The van der Waals surface area contributed by atoms with Crippen molar-refractivity contribution in [3.05, 3.63) is 101 Å². The van der Waals surface area contributed by atoms with Crippen LogP contribution >= 0.6 is 0 Å². The Kier molecular flexibility index (Phi) is 8.70. The SMILES string of the molecule is CC(C)c1cc(-c2cccc3ccccc23)cc(C(C)C)c1CC(=O)N=S(N)(=O)c1ccc(CN(C)C)cc1. The van der Waals surface area contributed by atoms with Crippen molar-refractivity contribution >= 4 is 26.6 Å². The van der Waals surface area contributed by atoms with Crippen molar-refractivity contribution in [2.75, 3.05) is 14.1 Å². The number of amides is 1. The lowest BCUT2D eigenvalue weighted by Gasteiger charge is -2.22. The number of nitrogens with two attached hydrogens (primary N) is 1. The first-order chi connectivity index (χ1) is 18.5. The van der Waals surface area contributed by atoms with E-state index in [1.165, 1.54) is 16.3 Å². The van der Waals surface area contributed by atoms with Gasteiger partial charge in [-0.15, -0.1) is 4.36 Å². The number of hydrogen-bond acceptors (Lipinski definition) is 3. The van der Waals surface area contributed by atoms with Gasteiger partial charge in [0.25, 0.3) is 5.91 Å². The Morgan fingerprint density at radius 1 is 0.872 bits per heavy atom. The molecule has 0 aliphatic heterocycles. The van der Waals surface area contributed by atoms with E-state index in [9.17, 15) is 9.00 Å². The molecule has 5 nitrogen and oxygen atoms in total. The van der Waals surface area contributed by atoms with E-state index in [1.54, 1.807) is 12.1 Å². The van der Waals surface area contributed by atoms with E-state index in [4.69, 9.17) is 5.14 Å². The van der Waals surface area contributed by atoms with Crippen LogP contribution in [0.25, 0.3) is 21.9 Å². The average molecular weight is 542 g/mol. The second kappa shape index (κ2) is 11.8. The Labute approximate surface area is 233 Å². The van der Waals surface area contributed by atoms with Crippen LogP contribution in [-0.2, 0) is 27.7 Å². The summed E-state index contributed by atoms with van der Waals surface area (Å²) in [6.07, 6.45) is 0.0593. The van der Waals surface area contributed by atoms with Crippen LogP contribution in [0.15, 0.2) is 88.1 Å². The number of fused-ring (bicyclic) bond motifs is 1. The molecule has 0 spiro atoms. The van der Waals surface area contributed by atoms with Crippen molar-refractivity contribution in [3.63, 3.8) is 0 Å². The van der Waals surface area contributed by atoms with E-state index in [2.05, 4.69) is 86.7 Å². The fraction of sp³-hybridized carbons (Fsp3) is 0.303. The molecular weight excluding hydrogens is 502 g/mol. The smallest absolute Gasteiger partial charge is 0.259 e.